The van der Waals surface area contributed by atoms with E-state index in [-0.39, 0.29) is 11.8 Å². The van der Waals surface area contributed by atoms with Gasteiger partial charge < -0.3 is 9.47 Å². The first-order valence-corrected chi connectivity index (χ1v) is 10.3. The highest BCUT2D eigenvalue weighted by Crippen LogP contribution is 2.48. The number of para-hydroxylation sites is 1. The summed E-state index contributed by atoms with van der Waals surface area (Å²) < 4.78 is 10.7. The molecule has 2 amide bonds. The van der Waals surface area contributed by atoms with Gasteiger partial charge in [-0.2, -0.15) is 0 Å². The second-order valence-electron chi connectivity index (χ2n) is 7.65. The average molecular weight is 430 g/mol. The zero-order valence-electron chi connectivity index (χ0n) is 17.7. The molecule has 2 heterocycles. The van der Waals surface area contributed by atoms with Gasteiger partial charge in [-0.1, -0.05) is 36.4 Å². The summed E-state index contributed by atoms with van der Waals surface area (Å²) in [6.07, 6.45) is -0.926. The predicted octanol–water partition coefficient (Wildman–Crippen LogP) is 3.75. The van der Waals surface area contributed by atoms with E-state index in [1.165, 1.54) is 4.90 Å². The summed E-state index contributed by atoms with van der Waals surface area (Å²) >= 11 is 0. The highest BCUT2D eigenvalue weighted by Gasteiger charge is 2.60. The van der Waals surface area contributed by atoms with Crippen LogP contribution in [0.15, 0.2) is 78.9 Å². The normalized spacial score (nSPS) is 22.2. The van der Waals surface area contributed by atoms with Gasteiger partial charge in [-0.3, -0.25) is 14.4 Å². The molecule has 0 aromatic heterocycles. The van der Waals surface area contributed by atoms with E-state index in [0.717, 1.165) is 11.3 Å². The van der Waals surface area contributed by atoms with Gasteiger partial charge in [-0.15, -0.1) is 0 Å². The monoisotopic (exact) mass is 430 g/mol. The molecule has 3 atom stereocenters. The molecule has 5 rings (SSSR count). The Morgan fingerprint density at radius 2 is 1.41 bits per heavy atom. The number of ether oxygens (including phenoxy) is 2. The van der Waals surface area contributed by atoms with Crippen molar-refractivity contribution in [1.29, 1.82) is 0 Å². The topological polar surface area (TPSA) is 68.3 Å². The molecule has 32 heavy (non-hydrogen) atoms. The van der Waals surface area contributed by atoms with Crippen molar-refractivity contribution in [3.8, 4) is 11.5 Å². The maximum Gasteiger partial charge on any atom is 0.266 e. The number of fused-ring (bicyclic) bond motifs is 1. The molecule has 0 bridgehead atoms. The molecule has 3 aromatic carbocycles. The van der Waals surface area contributed by atoms with Gasteiger partial charge in [0.15, 0.2) is 6.10 Å². The van der Waals surface area contributed by atoms with Crippen LogP contribution in [0.5, 0.6) is 11.5 Å². The van der Waals surface area contributed by atoms with E-state index in [4.69, 9.17) is 14.3 Å². The van der Waals surface area contributed by atoms with Crippen molar-refractivity contribution in [2.75, 3.05) is 24.2 Å². The van der Waals surface area contributed by atoms with Crippen molar-refractivity contribution in [2.24, 2.45) is 5.92 Å². The Bertz CT molecular complexity index is 1170. The minimum atomic E-state index is -0.926. The minimum absolute atomic E-state index is 0.306. The number of methoxy groups -OCH3 is 2. The summed E-state index contributed by atoms with van der Waals surface area (Å²) in [7, 11) is 3.14. The number of rotatable bonds is 5. The standard InChI is InChI=1S/C25H22N2O5/c1-30-19-12-6-8-16(14-19)22-21-23(32-27(22)17-9-4-3-5-10-17)25(29)26(24(21)28)18-11-7-13-20(15-18)31-2/h3-15,21-23H,1-2H3/t21-,22-,23-/m0/s1. The Kier molecular flexibility index (Phi) is 5.03. The number of benzene rings is 3. The number of nitrogens with zero attached hydrogens (tertiary/aromatic N) is 2. The number of amides is 2. The van der Waals surface area contributed by atoms with Gasteiger partial charge in [0.05, 0.1) is 31.6 Å². The molecule has 162 valence electrons. The zero-order chi connectivity index (χ0) is 22.2. The predicted molar refractivity (Wildman–Crippen MR) is 119 cm³/mol. The summed E-state index contributed by atoms with van der Waals surface area (Å²) in [5, 5.41) is 1.67. The molecular weight excluding hydrogens is 408 g/mol. The van der Waals surface area contributed by atoms with E-state index in [1.807, 2.05) is 54.6 Å². The fourth-order valence-corrected chi connectivity index (χ4v) is 4.38. The Labute approximate surface area is 185 Å². The first-order chi connectivity index (χ1) is 15.6. The van der Waals surface area contributed by atoms with E-state index < -0.39 is 18.1 Å². The Balaban J connectivity index is 1.59. The second-order valence-corrected chi connectivity index (χ2v) is 7.65. The number of carbonyl (C=O) groups is 2. The van der Waals surface area contributed by atoms with Gasteiger partial charge in [-0.25, -0.2) is 9.96 Å². The number of hydrogen-bond donors (Lipinski definition) is 0. The van der Waals surface area contributed by atoms with Crippen LogP contribution in [0.25, 0.3) is 0 Å². The minimum Gasteiger partial charge on any atom is -0.497 e. The van der Waals surface area contributed by atoms with Gasteiger partial charge in [0.1, 0.15) is 17.4 Å². The molecule has 3 aromatic rings. The summed E-state index contributed by atoms with van der Waals surface area (Å²) in [4.78, 5) is 34.4. The molecule has 2 aliphatic heterocycles. The first kappa shape index (κ1) is 20.1. The fraction of sp³-hybridized carbons (Fsp3) is 0.200. The molecule has 0 saturated carbocycles. The van der Waals surface area contributed by atoms with Crippen molar-refractivity contribution in [2.45, 2.75) is 12.1 Å². The maximum absolute atomic E-state index is 13.6. The molecular formula is C25H22N2O5. The van der Waals surface area contributed by atoms with Crippen LogP contribution in [-0.2, 0) is 14.4 Å². The van der Waals surface area contributed by atoms with Crippen LogP contribution < -0.4 is 19.4 Å². The molecule has 2 aliphatic rings. The average Bonchev–Trinajstić information content (AvgIpc) is 3.35. The van der Waals surface area contributed by atoms with Crippen LogP contribution in [0.4, 0.5) is 11.4 Å². The third-order valence-corrected chi connectivity index (χ3v) is 5.87. The lowest BCUT2D eigenvalue weighted by molar-refractivity contribution is -0.126. The van der Waals surface area contributed by atoms with Gasteiger partial charge in [0.2, 0.25) is 5.91 Å². The van der Waals surface area contributed by atoms with Crippen LogP contribution in [0.3, 0.4) is 0 Å². The van der Waals surface area contributed by atoms with Gasteiger partial charge in [0, 0.05) is 6.07 Å². The SMILES string of the molecule is COc1cccc([C@H]2[C@@H]3C(=O)N(c4cccc(OC)c4)C(=O)[C@H]3ON2c2ccccc2)c1. The summed E-state index contributed by atoms with van der Waals surface area (Å²) in [6.45, 7) is 0. The molecule has 0 N–H and O–H groups in total. The molecule has 7 heteroatoms. The van der Waals surface area contributed by atoms with Gasteiger partial charge >= 0.3 is 0 Å². The van der Waals surface area contributed by atoms with Crippen LogP contribution in [0.2, 0.25) is 0 Å². The van der Waals surface area contributed by atoms with E-state index in [1.54, 1.807) is 43.5 Å². The molecule has 0 aliphatic carbocycles. The quantitative estimate of drug-likeness (QED) is 0.575. The van der Waals surface area contributed by atoms with E-state index in [2.05, 4.69) is 0 Å². The third kappa shape index (κ3) is 3.18. The molecule has 2 saturated heterocycles. The highest BCUT2D eigenvalue weighted by molar-refractivity contribution is 6.24. The number of hydroxylamine groups is 1. The van der Waals surface area contributed by atoms with E-state index in [0.29, 0.717) is 17.2 Å². The molecule has 0 radical (unpaired) electrons. The number of carbonyl (C=O) groups excluding carboxylic acids is 2. The molecule has 7 nitrogen and oxygen atoms in total. The summed E-state index contributed by atoms with van der Waals surface area (Å²) in [6, 6.07) is 23.4. The van der Waals surface area contributed by atoms with Crippen LogP contribution in [0.1, 0.15) is 11.6 Å². The van der Waals surface area contributed by atoms with Crippen LogP contribution >= 0.6 is 0 Å². The van der Waals surface area contributed by atoms with Crippen molar-refractivity contribution in [3.63, 3.8) is 0 Å². The van der Waals surface area contributed by atoms with Crippen molar-refractivity contribution in [3.05, 3.63) is 84.4 Å². The largest absolute Gasteiger partial charge is 0.497 e. The smallest absolute Gasteiger partial charge is 0.266 e. The Hall–Kier alpha value is -3.84. The lowest BCUT2D eigenvalue weighted by Gasteiger charge is -2.29. The molecule has 0 unspecified atom stereocenters. The van der Waals surface area contributed by atoms with E-state index in [9.17, 15) is 9.59 Å². The highest BCUT2D eigenvalue weighted by atomic mass is 16.7. The van der Waals surface area contributed by atoms with Crippen molar-refractivity contribution in [1.82, 2.24) is 0 Å². The number of hydrogen-bond acceptors (Lipinski definition) is 6. The lowest BCUT2D eigenvalue weighted by atomic mass is 9.90. The van der Waals surface area contributed by atoms with E-state index >= 15 is 0 Å². The zero-order valence-corrected chi connectivity index (χ0v) is 17.7. The fourth-order valence-electron chi connectivity index (χ4n) is 4.38. The Morgan fingerprint density at radius 1 is 0.750 bits per heavy atom. The first-order valence-electron chi connectivity index (χ1n) is 10.3. The lowest BCUT2D eigenvalue weighted by Crippen LogP contribution is -2.37. The Morgan fingerprint density at radius 3 is 2.12 bits per heavy atom. The second kappa shape index (κ2) is 8.01. The molecule has 2 fully saturated rings. The van der Waals surface area contributed by atoms with Crippen molar-refractivity contribution < 1.29 is 23.9 Å². The maximum atomic E-state index is 13.6. The third-order valence-electron chi connectivity index (χ3n) is 5.87. The van der Waals surface area contributed by atoms with Crippen LogP contribution in [-0.4, -0.2) is 32.1 Å². The van der Waals surface area contributed by atoms with Crippen molar-refractivity contribution >= 4 is 23.2 Å². The molecule has 0 spiro atoms. The van der Waals surface area contributed by atoms with Gasteiger partial charge in [-0.05, 0) is 42.0 Å². The summed E-state index contributed by atoms with van der Waals surface area (Å²) in [5.74, 6) is -0.170. The number of imide groups is 1. The van der Waals surface area contributed by atoms with Crippen LogP contribution in [0, 0.1) is 5.92 Å². The number of anilines is 2. The van der Waals surface area contributed by atoms with Gasteiger partial charge in [0.25, 0.3) is 5.91 Å². The summed E-state index contributed by atoms with van der Waals surface area (Å²) in [5.41, 5.74) is 2.06.